The van der Waals surface area contributed by atoms with Crippen molar-refractivity contribution in [1.82, 2.24) is 5.32 Å². The van der Waals surface area contributed by atoms with Crippen molar-refractivity contribution in [3.63, 3.8) is 0 Å². The van der Waals surface area contributed by atoms with Crippen molar-refractivity contribution in [2.24, 2.45) is 5.92 Å². The van der Waals surface area contributed by atoms with E-state index in [1.165, 1.54) is 19.2 Å². The van der Waals surface area contributed by atoms with Crippen LogP contribution in [0, 0.1) is 5.92 Å². The molecule has 0 saturated heterocycles. The monoisotopic (exact) mass is 331 g/mol. The molecular formula is C16H20F3NO3. The third kappa shape index (κ3) is 6.30. The van der Waals surface area contributed by atoms with Crippen molar-refractivity contribution in [2.45, 2.75) is 38.9 Å². The van der Waals surface area contributed by atoms with Crippen LogP contribution in [0.5, 0.6) is 0 Å². The topological polar surface area (TPSA) is 55.4 Å². The summed E-state index contributed by atoms with van der Waals surface area (Å²) in [5.74, 6) is -0.814. The van der Waals surface area contributed by atoms with Gasteiger partial charge in [0.2, 0.25) is 5.91 Å². The van der Waals surface area contributed by atoms with Gasteiger partial charge in [0.15, 0.2) is 0 Å². The number of rotatable bonds is 6. The van der Waals surface area contributed by atoms with Gasteiger partial charge < -0.3 is 10.1 Å². The first-order valence-electron chi connectivity index (χ1n) is 7.16. The standard InChI is InChI=1S/C16H20F3NO3/c1-10(2)8-13(15(22)23-3)20-14(21)9-11-4-6-12(7-5-11)16(17,18)19/h4-7,10,13H,8-9H2,1-3H3,(H,20,21). The molecule has 1 aromatic carbocycles. The minimum absolute atomic E-state index is 0.107. The average Bonchev–Trinajstić information content (AvgIpc) is 2.44. The first-order chi connectivity index (χ1) is 10.6. The van der Waals surface area contributed by atoms with E-state index in [2.05, 4.69) is 10.1 Å². The maximum Gasteiger partial charge on any atom is 0.416 e. The number of alkyl halides is 3. The molecule has 0 saturated carbocycles. The number of methoxy groups -OCH3 is 1. The van der Waals surface area contributed by atoms with Crippen molar-refractivity contribution in [2.75, 3.05) is 7.11 Å². The highest BCUT2D eigenvalue weighted by Gasteiger charge is 2.30. The Hall–Kier alpha value is -2.05. The predicted octanol–water partition coefficient (Wildman–Crippen LogP) is 2.95. The molecule has 0 fully saturated rings. The van der Waals surface area contributed by atoms with Crippen molar-refractivity contribution in [3.8, 4) is 0 Å². The molecule has 1 aromatic rings. The van der Waals surface area contributed by atoms with Gasteiger partial charge in [-0.1, -0.05) is 26.0 Å². The van der Waals surface area contributed by atoms with E-state index in [1.807, 2.05) is 13.8 Å². The van der Waals surface area contributed by atoms with Crippen molar-refractivity contribution < 1.29 is 27.5 Å². The van der Waals surface area contributed by atoms with Gasteiger partial charge in [-0.25, -0.2) is 4.79 Å². The Morgan fingerprint density at radius 3 is 2.17 bits per heavy atom. The Balaban J connectivity index is 2.69. The van der Waals surface area contributed by atoms with Crippen LogP contribution in [0.2, 0.25) is 0 Å². The van der Waals surface area contributed by atoms with Gasteiger partial charge >= 0.3 is 12.1 Å². The fourth-order valence-electron chi connectivity index (χ4n) is 2.07. The second-order valence-electron chi connectivity index (χ2n) is 5.64. The lowest BCUT2D eigenvalue weighted by molar-refractivity contribution is -0.145. The molecule has 0 aliphatic rings. The number of amides is 1. The molecule has 4 nitrogen and oxygen atoms in total. The number of hydrogen-bond donors (Lipinski definition) is 1. The molecule has 1 atom stereocenters. The lowest BCUT2D eigenvalue weighted by Crippen LogP contribution is -2.43. The zero-order chi connectivity index (χ0) is 17.6. The third-order valence-electron chi connectivity index (χ3n) is 3.17. The molecule has 7 heteroatoms. The minimum Gasteiger partial charge on any atom is -0.467 e. The third-order valence-corrected chi connectivity index (χ3v) is 3.17. The number of hydrogen-bond acceptors (Lipinski definition) is 3. The average molecular weight is 331 g/mol. The number of ether oxygens (including phenoxy) is 1. The summed E-state index contributed by atoms with van der Waals surface area (Å²) in [4.78, 5) is 23.6. The van der Waals surface area contributed by atoms with E-state index >= 15 is 0 Å². The molecule has 1 amide bonds. The summed E-state index contributed by atoms with van der Waals surface area (Å²) in [6.07, 6.45) is -4.09. The van der Waals surface area contributed by atoms with Crippen molar-refractivity contribution in [3.05, 3.63) is 35.4 Å². The zero-order valence-corrected chi connectivity index (χ0v) is 13.2. The zero-order valence-electron chi connectivity index (χ0n) is 13.2. The van der Waals surface area contributed by atoms with E-state index in [1.54, 1.807) is 0 Å². The fourth-order valence-corrected chi connectivity index (χ4v) is 2.07. The first-order valence-corrected chi connectivity index (χ1v) is 7.16. The quantitative estimate of drug-likeness (QED) is 0.816. The summed E-state index contributed by atoms with van der Waals surface area (Å²) in [6.45, 7) is 3.80. The molecule has 0 bridgehead atoms. The smallest absolute Gasteiger partial charge is 0.416 e. The highest BCUT2D eigenvalue weighted by Crippen LogP contribution is 2.29. The van der Waals surface area contributed by atoms with Crippen LogP contribution >= 0.6 is 0 Å². The van der Waals surface area contributed by atoms with Gasteiger partial charge in [-0.3, -0.25) is 4.79 Å². The summed E-state index contributed by atoms with van der Waals surface area (Å²) in [5, 5.41) is 2.56. The van der Waals surface area contributed by atoms with Crippen LogP contribution in [0.3, 0.4) is 0 Å². The number of nitrogens with one attached hydrogen (secondary N) is 1. The lowest BCUT2D eigenvalue weighted by atomic mass is 10.0. The van der Waals surface area contributed by atoms with Crippen LogP contribution in [-0.2, 0) is 26.9 Å². The van der Waals surface area contributed by atoms with Gasteiger partial charge in [-0.2, -0.15) is 13.2 Å². The van der Waals surface area contributed by atoms with Gasteiger partial charge in [0.25, 0.3) is 0 Å². The van der Waals surface area contributed by atoms with Gasteiger partial charge in [0.05, 0.1) is 19.1 Å². The molecule has 0 radical (unpaired) electrons. The maximum atomic E-state index is 12.5. The summed E-state index contributed by atoms with van der Waals surface area (Å²) >= 11 is 0. The summed E-state index contributed by atoms with van der Waals surface area (Å²) in [6, 6.07) is 3.58. The Morgan fingerprint density at radius 2 is 1.74 bits per heavy atom. The normalized spacial score (nSPS) is 12.8. The highest BCUT2D eigenvalue weighted by atomic mass is 19.4. The fraction of sp³-hybridized carbons (Fsp3) is 0.500. The van der Waals surface area contributed by atoms with E-state index < -0.39 is 29.7 Å². The SMILES string of the molecule is COC(=O)C(CC(C)C)NC(=O)Cc1ccc(C(F)(F)F)cc1. The largest absolute Gasteiger partial charge is 0.467 e. The number of halogens is 3. The van der Waals surface area contributed by atoms with E-state index in [4.69, 9.17) is 0 Å². The van der Waals surface area contributed by atoms with E-state index in [0.29, 0.717) is 12.0 Å². The maximum absolute atomic E-state index is 12.5. The molecule has 0 heterocycles. The van der Waals surface area contributed by atoms with E-state index in [-0.39, 0.29) is 12.3 Å². The predicted molar refractivity (Wildman–Crippen MR) is 78.5 cm³/mol. The minimum atomic E-state index is -4.41. The summed E-state index contributed by atoms with van der Waals surface area (Å²) < 4.78 is 42.1. The lowest BCUT2D eigenvalue weighted by Gasteiger charge is -2.18. The van der Waals surface area contributed by atoms with Gasteiger partial charge in [0, 0.05) is 0 Å². The molecule has 0 aliphatic carbocycles. The number of esters is 1. The molecule has 0 aromatic heterocycles. The Kier molecular flexibility index (Phi) is 6.60. The van der Waals surface area contributed by atoms with Gasteiger partial charge in [-0.05, 0) is 30.0 Å². The van der Waals surface area contributed by atoms with Crippen LogP contribution in [0.15, 0.2) is 24.3 Å². The van der Waals surface area contributed by atoms with Crippen LogP contribution in [0.1, 0.15) is 31.4 Å². The number of carbonyl (C=O) groups is 2. The number of benzene rings is 1. The second kappa shape index (κ2) is 7.99. The highest BCUT2D eigenvalue weighted by molar-refractivity contribution is 5.85. The Labute approximate surface area is 133 Å². The summed E-state index contributed by atoms with van der Waals surface area (Å²) in [7, 11) is 1.23. The van der Waals surface area contributed by atoms with Gasteiger partial charge in [0.1, 0.15) is 6.04 Å². The molecule has 0 spiro atoms. The molecule has 0 aliphatic heterocycles. The molecule has 1 unspecified atom stereocenters. The molecule has 1 N–H and O–H groups in total. The molecular weight excluding hydrogens is 311 g/mol. The molecule has 128 valence electrons. The van der Waals surface area contributed by atoms with Crippen LogP contribution in [-0.4, -0.2) is 25.0 Å². The second-order valence-corrected chi connectivity index (χ2v) is 5.64. The van der Waals surface area contributed by atoms with Crippen molar-refractivity contribution in [1.29, 1.82) is 0 Å². The Bertz CT molecular complexity index is 538. The Morgan fingerprint density at radius 1 is 1.17 bits per heavy atom. The van der Waals surface area contributed by atoms with Crippen LogP contribution in [0.25, 0.3) is 0 Å². The molecule has 23 heavy (non-hydrogen) atoms. The van der Waals surface area contributed by atoms with E-state index in [9.17, 15) is 22.8 Å². The van der Waals surface area contributed by atoms with Gasteiger partial charge in [-0.15, -0.1) is 0 Å². The van der Waals surface area contributed by atoms with Crippen molar-refractivity contribution >= 4 is 11.9 Å². The summed E-state index contributed by atoms with van der Waals surface area (Å²) in [5.41, 5.74) is -0.336. The first kappa shape index (κ1) is 19.0. The van der Waals surface area contributed by atoms with Crippen LogP contribution < -0.4 is 5.32 Å². The van der Waals surface area contributed by atoms with E-state index in [0.717, 1.165) is 12.1 Å². The van der Waals surface area contributed by atoms with Crippen LogP contribution in [0.4, 0.5) is 13.2 Å². The number of carbonyl (C=O) groups excluding carboxylic acids is 2. The molecule has 1 rings (SSSR count).